The number of amides is 2. The highest BCUT2D eigenvalue weighted by atomic mass is 16.6. The highest BCUT2D eigenvalue weighted by Crippen LogP contribution is 2.44. The van der Waals surface area contributed by atoms with E-state index in [2.05, 4.69) is 5.32 Å². The molecule has 3 aromatic carbocycles. The first kappa shape index (κ1) is 23.0. The summed E-state index contributed by atoms with van der Waals surface area (Å²) in [4.78, 5) is 36.6. The summed E-state index contributed by atoms with van der Waals surface area (Å²) in [5.74, 6) is -2.38. The van der Waals surface area contributed by atoms with Crippen LogP contribution in [0.15, 0.2) is 78.9 Å². The predicted molar refractivity (Wildman–Crippen MR) is 123 cm³/mol. The average molecular weight is 460 g/mol. The van der Waals surface area contributed by atoms with Crippen molar-refractivity contribution >= 4 is 18.0 Å². The lowest BCUT2D eigenvalue weighted by Gasteiger charge is -2.21. The molecule has 1 aliphatic rings. The molecule has 0 aromatic heterocycles. The molecule has 0 bridgehead atoms. The molecule has 0 aliphatic heterocycles. The van der Waals surface area contributed by atoms with Gasteiger partial charge >= 0.3 is 12.1 Å². The second kappa shape index (κ2) is 10.2. The minimum absolute atomic E-state index is 0.00168. The molecule has 2 amide bonds. The van der Waals surface area contributed by atoms with Gasteiger partial charge in [-0.05, 0) is 27.8 Å². The number of hydrogen-bond donors (Lipinski definition) is 3. The molecule has 3 aromatic rings. The molecule has 34 heavy (non-hydrogen) atoms. The van der Waals surface area contributed by atoms with Gasteiger partial charge in [-0.1, -0.05) is 78.9 Å². The van der Waals surface area contributed by atoms with Crippen LogP contribution < -0.4 is 11.1 Å². The number of alkyl carbamates (subject to hydrolysis) is 1. The largest absolute Gasteiger partial charge is 0.459 e. The molecule has 0 radical (unpaired) electrons. The normalized spacial score (nSPS) is 13.8. The Bertz CT molecular complexity index is 1150. The minimum atomic E-state index is -1.98. The monoisotopic (exact) mass is 460 g/mol. The van der Waals surface area contributed by atoms with Crippen LogP contribution in [0, 0.1) is 0 Å². The number of aliphatic hydroxyl groups is 1. The van der Waals surface area contributed by atoms with Gasteiger partial charge < -0.3 is 25.6 Å². The molecule has 0 fully saturated rings. The first-order valence-corrected chi connectivity index (χ1v) is 10.7. The zero-order chi connectivity index (χ0) is 24.1. The summed E-state index contributed by atoms with van der Waals surface area (Å²) < 4.78 is 10.5. The topological polar surface area (TPSA) is 128 Å². The number of esters is 1. The van der Waals surface area contributed by atoms with Gasteiger partial charge in [0.15, 0.2) is 12.1 Å². The highest BCUT2D eigenvalue weighted by molar-refractivity contribution is 5.90. The number of hydrogen-bond acceptors (Lipinski definition) is 6. The van der Waals surface area contributed by atoms with Crippen molar-refractivity contribution in [3.63, 3.8) is 0 Å². The number of carbonyl (C=O) groups is 3. The molecule has 0 saturated heterocycles. The Labute approximate surface area is 196 Å². The van der Waals surface area contributed by atoms with Gasteiger partial charge in [-0.25, -0.2) is 9.59 Å². The number of nitrogens with one attached hydrogen (secondary N) is 1. The van der Waals surface area contributed by atoms with Gasteiger partial charge in [0.05, 0.1) is 0 Å². The molecule has 1 aliphatic carbocycles. The van der Waals surface area contributed by atoms with Gasteiger partial charge in [0.2, 0.25) is 5.91 Å². The van der Waals surface area contributed by atoms with E-state index in [1.165, 1.54) is 0 Å². The third-order valence-electron chi connectivity index (χ3n) is 5.70. The van der Waals surface area contributed by atoms with E-state index in [0.717, 1.165) is 22.3 Å². The molecule has 8 heteroatoms. The number of carbonyl (C=O) groups excluding carboxylic acids is 3. The van der Waals surface area contributed by atoms with Crippen LogP contribution in [0.4, 0.5) is 4.79 Å². The maximum absolute atomic E-state index is 12.5. The van der Waals surface area contributed by atoms with Crippen LogP contribution in [0.25, 0.3) is 11.1 Å². The van der Waals surface area contributed by atoms with E-state index in [1.54, 1.807) is 24.3 Å². The van der Waals surface area contributed by atoms with Crippen molar-refractivity contribution < 1.29 is 29.0 Å². The lowest BCUT2D eigenvalue weighted by molar-refractivity contribution is -0.153. The zero-order valence-corrected chi connectivity index (χ0v) is 18.2. The van der Waals surface area contributed by atoms with Crippen LogP contribution in [0.3, 0.4) is 0 Å². The second-order valence-corrected chi connectivity index (χ2v) is 7.89. The van der Waals surface area contributed by atoms with Crippen LogP contribution in [0.1, 0.15) is 22.6 Å². The van der Waals surface area contributed by atoms with Crippen LogP contribution >= 0.6 is 0 Å². The Morgan fingerprint density at radius 1 is 0.853 bits per heavy atom. The van der Waals surface area contributed by atoms with E-state index in [4.69, 9.17) is 15.2 Å². The standard InChI is InChI=1S/C26H24N2O6/c27-24(30)23(29)22(25(31)33-14-16-8-2-1-3-9-16)28-26(32)34-15-21-19-12-6-4-10-17(19)18-11-5-7-13-20(18)21/h1-13,21-23,29H,14-15H2,(H2,27,30)(H,28,32)/t22-,23-/m0/s1. The Hall–Kier alpha value is -4.17. The van der Waals surface area contributed by atoms with E-state index in [1.807, 2.05) is 54.6 Å². The number of aliphatic hydroxyl groups excluding tert-OH is 1. The van der Waals surface area contributed by atoms with Crippen molar-refractivity contribution in [3.05, 3.63) is 95.6 Å². The van der Waals surface area contributed by atoms with Crippen molar-refractivity contribution in [1.82, 2.24) is 5.32 Å². The van der Waals surface area contributed by atoms with Gasteiger partial charge in [-0.15, -0.1) is 0 Å². The molecule has 4 rings (SSSR count). The van der Waals surface area contributed by atoms with Crippen molar-refractivity contribution in [2.24, 2.45) is 5.73 Å². The number of nitrogens with two attached hydrogens (primary N) is 1. The van der Waals surface area contributed by atoms with Crippen molar-refractivity contribution in [2.75, 3.05) is 6.61 Å². The third-order valence-corrected chi connectivity index (χ3v) is 5.70. The maximum Gasteiger partial charge on any atom is 0.407 e. The molecule has 8 nitrogen and oxygen atoms in total. The SMILES string of the molecule is NC(=O)[C@@H](O)[C@H](NC(=O)OCC1c2ccccc2-c2ccccc21)C(=O)OCc1ccccc1. The molecular weight excluding hydrogens is 436 g/mol. The fourth-order valence-corrected chi connectivity index (χ4v) is 4.02. The molecule has 0 unspecified atom stereocenters. The fourth-order valence-electron chi connectivity index (χ4n) is 4.02. The molecule has 4 N–H and O–H groups in total. The molecule has 0 spiro atoms. The number of benzene rings is 3. The van der Waals surface area contributed by atoms with Crippen LogP contribution in [-0.4, -0.2) is 41.8 Å². The molecule has 0 heterocycles. The molecule has 174 valence electrons. The first-order chi connectivity index (χ1) is 16.5. The summed E-state index contributed by atoms with van der Waals surface area (Å²) >= 11 is 0. The van der Waals surface area contributed by atoms with Crippen molar-refractivity contribution in [2.45, 2.75) is 24.7 Å². The molecule has 0 saturated carbocycles. The van der Waals surface area contributed by atoms with Crippen molar-refractivity contribution in [1.29, 1.82) is 0 Å². The maximum atomic E-state index is 12.5. The average Bonchev–Trinajstić information content (AvgIpc) is 3.18. The summed E-state index contributed by atoms with van der Waals surface area (Å²) in [6, 6.07) is 22.8. The third kappa shape index (κ3) is 4.92. The van der Waals surface area contributed by atoms with Gasteiger partial charge in [0, 0.05) is 5.92 Å². The number of fused-ring (bicyclic) bond motifs is 3. The van der Waals surface area contributed by atoms with E-state index < -0.39 is 30.1 Å². The summed E-state index contributed by atoms with van der Waals surface area (Å²) in [6.45, 7) is -0.105. The minimum Gasteiger partial charge on any atom is -0.459 e. The molecule has 2 atom stereocenters. The highest BCUT2D eigenvalue weighted by Gasteiger charge is 2.35. The Kier molecular flexibility index (Phi) is 6.89. The summed E-state index contributed by atoms with van der Waals surface area (Å²) in [7, 11) is 0. The van der Waals surface area contributed by atoms with Crippen LogP contribution in [0.2, 0.25) is 0 Å². The first-order valence-electron chi connectivity index (χ1n) is 10.7. The Morgan fingerprint density at radius 3 is 2.00 bits per heavy atom. The Balaban J connectivity index is 1.42. The van der Waals surface area contributed by atoms with Gasteiger partial charge in [0.25, 0.3) is 0 Å². The van der Waals surface area contributed by atoms with E-state index >= 15 is 0 Å². The summed E-state index contributed by atoms with van der Waals surface area (Å²) in [5.41, 5.74) is 10.0. The summed E-state index contributed by atoms with van der Waals surface area (Å²) in [6.07, 6.45) is -2.97. The zero-order valence-electron chi connectivity index (χ0n) is 18.2. The lowest BCUT2D eigenvalue weighted by atomic mass is 9.98. The second-order valence-electron chi connectivity index (χ2n) is 7.89. The van der Waals surface area contributed by atoms with Crippen LogP contribution in [0.5, 0.6) is 0 Å². The van der Waals surface area contributed by atoms with E-state index in [-0.39, 0.29) is 19.1 Å². The Morgan fingerprint density at radius 2 is 1.41 bits per heavy atom. The van der Waals surface area contributed by atoms with Crippen molar-refractivity contribution in [3.8, 4) is 11.1 Å². The van der Waals surface area contributed by atoms with E-state index in [0.29, 0.717) is 5.56 Å². The molecular formula is C26H24N2O6. The van der Waals surface area contributed by atoms with E-state index in [9.17, 15) is 19.5 Å². The van der Waals surface area contributed by atoms with Gasteiger partial charge in [-0.3, -0.25) is 4.79 Å². The van der Waals surface area contributed by atoms with Gasteiger partial charge in [0.1, 0.15) is 13.2 Å². The number of ether oxygens (including phenoxy) is 2. The number of rotatable bonds is 8. The van der Waals surface area contributed by atoms with Crippen LogP contribution in [-0.2, 0) is 25.7 Å². The predicted octanol–water partition coefficient (Wildman–Crippen LogP) is 2.48. The smallest absolute Gasteiger partial charge is 0.407 e. The van der Waals surface area contributed by atoms with Gasteiger partial charge in [-0.2, -0.15) is 0 Å². The number of primary amides is 1. The lowest BCUT2D eigenvalue weighted by Crippen LogP contribution is -2.54. The summed E-state index contributed by atoms with van der Waals surface area (Å²) in [5, 5.41) is 12.3. The quantitative estimate of drug-likeness (QED) is 0.443. The fraction of sp³-hybridized carbons (Fsp3) is 0.192.